The van der Waals surface area contributed by atoms with Crippen LogP contribution in [0.15, 0.2) is 46.2 Å². The lowest BCUT2D eigenvalue weighted by Crippen LogP contribution is -2.21. The lowest BCUT2D eigenvalue weighted by molar-refractivity contribution is 0.504. The van der Waals surface area contributed by atoms with Crippen molar-refractivity contribution in [2.75, 3.05) is 18.4 Å². The van der Waals surface area contributed by atoms with Crippen molar-refractivity contribution in [3.05, 3.63) is 53.6 Å². The first-order chi connectivity index (χ1) is 12.0. The van der Waals surface area contributed by atoms with Gasteiger partial charge in [0, 0.05) is 17.6 Å². The highest BCUT2D eigenvalue weighted by molar-refractivity contribution is 7.91. The Morgan fingerprint density at radius 2 is 1.64 bits per heavy atom. The van der Waals surface area contributed by atoms with Gasteiger partial charge in [0.2, 0.25) is 9.84 Å². The van der Waals surface area contributed by atoms with Crippen LogP contribution >= 0.6 is 0 Å². The molecule has 2 aliphatic heterocycles. The normalized spacial score (nSPS) is 22.6. The van der Waals surface area contributed by atoms with Crippen molar-refractivity contribution in [1.29, 1.82) is 0 Å². The Balaban J connectivity index is 1.75. The summed E-state index contributed by atoms with van der Waals surface area (Å²) < 4.78 is 52.2. The number of hydrogen-bond acceptors (Lipinski definition) is 4. The molecule has 0 aromatic heterocycles. The number of nitrogens with one attached hydrogen (secondary N) is 2. The van der Waals surface area contributed by atoms with Gasteiger partial charge < -0.3 is 10.6 Å². The van der Waals surface area contributed by atoms with E-state index in [9.17, 15) is 17.2 Å². The molecular weight excluding hydrogens is 346 g/mol. The average Bonchev–Trinajstić information content (AvgIpc) is 2.77. The van der Waals surface area contributed by atoms with Gasteiger partial charge in [0.25, 0.3) is 0 Å². The molecular formula is C18H18F2N2O2S. The van der Waals surface area contributed by atoms with Crippen molar-refractivity contribution in [3.63, 3.8) is 0 Å². The number of halogens is 2. The summed E-state index contributed by atoms with van der Waals surface area (Å²) in [4.78, 5) is -0.131. The van der Waals surface area contributed by atoms with E-state index < -0.39 is 21.5 Å². The average molecular weight is 364 g/mol. The molecule has 25 heavy (non-hydrogen) atoms. The number of fused-ring (bicyclic) bond motifs is 3. The van der Waals surface area contributed by atoms with E-state index in [1.807, 2.05) is 0 Å². The smallest absolute Gasteiger partial charge is 0.206 e. The zero-order valence-electron chi connectivity index (χ0n) is 13.4. The van der Waals surface area contributed by atoms with Gasteiger partial charge in [-0.15, -0.1) is 0 Å². The molecule has 0 spiro atoms. The summed E-state index contributed by atoms with van der Waals surface area (Å²) in [6, 6.07) is 7.92. The van der Waals surface area contributed by atoms with Crippen LogP contribution in [0.3, 0.4) is 0 Å². The lowest BCUT2D eigenvalue weighted by Gasteiger charge is -2.16. The van der Waals surface area contributed by atoms with Crippen LogP contribution in [0.4, 0.5) is 14.5 Å². The maximum atomic E-state index is 13.5. The number of hydrogen-bond donors (Lipinski definition) is 2. The van der Waals surface area contributed by atoms with Crippen LogP contribution in [0.25, 0.3) is 0 Å². The Morgan fingerprint density at radius 3 is 2.44 bits per heavy atom. The summed E-state index contributed by atoms with van der Waals surface area (Å²) in [5.41, 5.74) is 1.94. The number of benzene rings is 2. The van der Waals surface area contributed by atoms with Crippen molar-refractivity contribution < 1.29 is 17.2 Å². The van der Waals surface area contributed by atoms with E-state index in [4.69, 9.17) is 0 Å². The minimum Gasteiger partial charge on any atom is -0.381 e. The lowest BCUT2D eigenvalue weighted by atomic mass is 9.91. The van der Waals surface area contributed by atoms with Crippen LogP contribution in [-0.2, 0) is 9.84 Å². The second-order valence-corrected chi connectivity index (χ2v) is 8.46. The molecule has 2 aromatic rings. The quantitative estimate of drug-likeness (QED) is 0.804. The molecule has 1 saturated heterocycles. The van der Waals surface area contributed by atoms with E-state index in [1.54, 1.807) is 12.1 Å². The zero-order chi connectivity index (χ0) is 17.6. The summed E-state index contributed by atoms with van der Waals surface area (Å²) >= 11 is 0. The van der Waals surface area contributed by atoms with Crippen LogP contribution in [0, 0.1) is 11.6 Å². The minimum absolute atomic E-state index is 0.108. The Kier molecular flexibility index (Phi) is 4.00. The van der Waals surface area contributed by atoms with Gasteiger partial charge >= 0.3 is 0 Å². The Morgan fingerprint density at radius 1 is 0.920 bits per heavy atom. The van der Waals surface area contributed by atoms with E-state index in [1.165, 1.54) is 6.07 Å². The van der Waals surface area contributed by atoms with Crippen LogP contribution in [0.2, 0.25) is 0 Å². The Labute approximate surface area is 145 Å². The fourth-order valence-electron chi connectivity index (χ4n) is 3.71. The van der Waals surface area contributed by atoms with Crippen LogP contribution in [0.5, 0.6) is 0 Å². The SMILES string of the molecule is O=S(=O)(c1ccc(F)c(F)c1)c1ccc2c(c1)[C@H]1CCNCC[C@@H]1N2. The molecule has 4 nitrogen and oxygen atoms in total. The first-order valence-corrected chi connectivity index (χ1v) is 9.76. The van der Waals surface area contributed by atoms with Gasteiger partial charge in [0.05, 0.1) is 9.79 Å². The third-order valence-electron chi connectivity index (χ3n) is 5.03. The molecule has 2 aromatic carbocycles. The van der Waals surface area contributed by atoms with E-state index in [0.29, 0.717) is 6.04 Å². The first kappa shape index (κ1) is 16.5. The molecule has 1 fully saturated rings. The van der Waals surface area contributed by atoms with Gasteiger partial charge in [-0.2, -0.15) is 0 Å². The second-order valence-electron chi connectivity index (χ2n) is 6.51. The highest BCUT2D eigenvalue weighted by Crippen LogP contribution is 2.41. The fraction of sp³-hybridized carbons (Fsp3) is 0.333. The third kappa shape index (κ3) is 2.81. The van der Waals surface area contributed by atoms with Gasteiger partial charge in [-0.3, -0.25) is 0 Å². The topological polar surface area (TPSA) is 58.2 Å². The second kappa shape index (κ2) is 6.07. The molecule has 2 N–H and O–H groups in total. The predicted molar refractivity (Wildman–Crippen MR) is 90.5 cm³/mol. The van der Waals surface area contributed by atoms with Crippen LogP contribution in [0.1, 0.15) is 24.3 Å². The molecule has 0 saturated carbocycles. The number of sulfone groups is 1. The molecule has 0 bridgehead atoms. The summed E-state index contributed by atoms with van der Waals surface area (Å²) in [6.45, 7) is 1.82. The Hall–Kier alpha value is -1.99. The van der Waals surface area contributed by atoms with Gasteiger partial charge in [0.15, 0.2) is 11.6 Å². The largest absolute Gasteiger partial charge is 0.381 e. The number of anilines is 1. The van der Waals surface area contributed by atoms with Crippen molar-refractivity contribution in [2.24, 2.45) is 0 Å². The van der Waals surface area contributed by atoms with Crippen molar-refractivity contribution >= 4 is 15.5 Å². The molecule has 0 radical (unpaired) electrons. The van der Waals surface area contributed by atoms with Crippen molar-refractivity contribution in [3.8, 4) is 0 Å². The molecule has 2 aliphatic rings. The highest BCUT2D eigenvalue weighted by atomic mass is 32.2. The van der Waals surface area contributed by atoms with Crippen molar-refractivity contribution in [2.45, 2.75) is 34.6 Å². The van der Waals surface area contributed by atoms with E-state index in [-0.39, 0.29) is 15.7 Å². The van der Waals surface area contributed by atoms with Gasteiger partial charge in [-0.1, -0.05) is 0 Å². The third-order valence-corrected chi connectivity index (χ3v) is 6.77. The molecule has 2 heterocycles. The van der Waals surface area contributed by atoms with Crippen LogP contribution < -0.4 is 10.6 Å². The predicted octanol–water partition coefficient (Wildman–Crippen LogP) is 3.06. The molecule has 2 atom stereocenters. The van der Waals surface area contributed by atoms with Crippen molar-refractivity contribution in [1.82, 2.24) is 5.32 Å². The van der Waals surface area contributed by atoms with Gasteiger partial charge in [-0.05, 0) is 67.9 Å². The van der Waals surface area contributed by atoms with Crippen LogP contribution in [-0.4, -0.2) is 27.5 Å². The maximum Gasteiger partial charge on any atom is 0.206 e. The van der Waals surface area contributed by atoms with E-state index in [2.05, 4.69) is 10.6 Å². The zero-order valence-corrected chi connectivity index (χ0v) is 14.2. The molecule has 0 amide bonds. The summed E-state index contributed by atoms with van der Waals surface area (Å²) in [7, 11) is -3.90. The monoisotopic (exact) mass is 364 g/mol. The fourth-order valence-corrected chi connectivity index (χ4v) is 5.02. The molecule has 132 valence electrons. The Bertz CT molecular complexity index is 931. The number of rotatable bonds is 2. The minimum atomic E-state index is -3.90. The molecule has 4 rings (SSSR count). The molecule has 7 heteroatoms. The summed E-state index contributed by atoms with van der Waals surface area (Å²) in [6.07, 6.45) is 1.91. The maximum absolute atomic E-state index is 13.5. The van der Waals surface area contributed by atoms with E-state index in [0.717, 1.165) is 55.4 Å². The molecule has 0 aliphatic carbocycles. The highest BCUT2D eigenvalue weighted by Gasteiger charge is 2.34. The van der Waals surface area contributed by atoms with Gasteiger partial charge in [0.1, 0.15) is 0 Å². The van der Waals surface area contributed by atoms with Gasteiger partial charge in [-0.25, -0.2) is 17.2 Å². The summed E-state index contributed by atoms with van der Waals surface area (Å²) in [5, 5.41) is 6.82. The van der Waals surface area contributed by atoms with E-state index >= 15 is 0 Å². The first-order valence-electron chi connectivity index (χ1n) is 8.28. The standard InChI is InChI=1S/C18H18F2N2O2S/c19-15-3-1-12(10-16(15)20)25(23,24)11-2-4-17-14(9-11)13-5-7-21-8-6-18(13)22-17/h1-4,9-10,13,18,21-22H,5-8H2/t13-,18+/m1/s1. The summed E-state index contributed by atoms with van der Waals surface area (Å²) in [5.74, 6) is -1.98. The molecule has 0 unspecified atom stereocenters.